The fourth-order valence-electron chi connectivity index (χ4n) is 2.25. The van der Waals surface area contributed by atoms with Crippen LogP contribution in [0, 0.1) is 0 Å². The minimum atomic E-state index is 0.108. The standard InChI is InChI=1S/C14H23N3O2/c18-14(5-4-13-3-1-12-19-13)16-6-2-9-17-10-7-15-8-11-17/h1,3,12,15H,2,4-11H2,(H,16,18). The zero-order valence-corrected chi connectivity index (χ0v) is 11.4. The number of carbonyl (C=O) groups excluding carboxylic acids is 1. The van der Waals surface area contributed by atoms with Crippen LogP contribution < -0.4 is 10.6 Å². The zero-order chi connectivity index (χ0) is 13.3. The van der Waals surface area contributed by atoms with Gasteiger partial charge in [-0.1, -0.05) is 0 Å². The third kappa shape index (κ3) is 5.44. The number of hydrogen-bond acceptors (Lipinski definition) is 4. The van der Waals surface area contributed by atoms with Crippen LogP contribution in [-0.2, 0) is 11.2 Å². The molecular weight excluding hydrogens is 242 g/mol. The number of nitrogens with one attached hydrogen (secondary N) is 2. The molecule has 1 aliphatic heterocycles. The molecule has 0 aromatic carbocycles. The molecule has 1 fully saturated rings. The second-order valence-electron chi connectivity index (χ2n) is 4.87. The maximum atomic E-state index is 11.6. The van der Waals surface area contributed by atoms with Crippen LogP contribution in [0.1, 0.15) is 18.6 Å². The van der Waals surface area contributed by atoms with E-state index < -0.39 is 0 Å². The van der Waals surface area contributed by atoms with Crippen LogP contribution >= 0.6 is 0 Å². The van der Waals surface area contributed by atoms with Gasteiger partial charge in [0.15, 0.2) is 0 Å². The normalized spacial score (nSPS) is 16.4. The molecular formula is C14H23N3O2. The monoisotopic (exact) mass is 265 g/mol. The average Bonchev–Trinajstić information content (AvgIpc) is 2.96. The Kier molecular flexibility index (Phi) is 5.91. The van der Waals surface area contributed by atoms with Crippen LogP contribution in [-0.4, -0.2) is 50.1 Å². The third-order valence-electron chi connectivity index (χ3n) is 3.36. The molecule has 1 aromatic heterocycles. The van der Waals surface area contributed by atoms with Gasteiger partial charge in [-0.15, -0.1) is 0 Å². The van der Waals surface area contributed by atoms with Crippen molar-refractivity contribution in [3.05, 3.63) is 24.2 Å². The van der Waals surface area contributed by atoms with E-state index in [1.807, 2.05) is 12.1 Å². The van der Waals surface area contributed by atoms with Crippen LogP contribution in [0.15, 0.2) is 22.8 Å². The summed E-state index contributed by atoms with van der Waals surface area (Å²) in [5.41, 5.74) is 0. The lowest BCUT2D eigenvalue weighted by atomic mass is 10.2. The topological polar surface area (TPSA) is 57.5 Å². The molecule has 1 saturated heterocycles. The van der Waals surface area contributed by atoms with E-state index in [1.165, 1.54) is 0 Å². The summed E-state index contributed by atoms with van der Waals surface area (Å²) >= 11 is 0. The molecule has 19 heavy (non-hydrogen) atoms. The molecule has 1 amide bonds. The molecule has 106 valence electrons. The van der Waals surface area contributed by atoms with Crippen molar-refractivity contribution in [2.75, 3.05) is 39.3 Å². The summed E-state index contributed by atoms with van der Waals surface area (Å²) in [5.74, 6) is 0.979. The van der Waals surface area contributed by atoms with E-state index in [1.54, 1.807) is 6.26 Å². The van der Waals surface area contributed by atoms with Crippen molar-refractivity contribution in [1.29, 1.82) is 0 Å². The van der Waals surface area contributed by atoms with E-state index in [0.717, 1.165) is 51.4 Å². The van der Waals surface area contributed by atoms with Crippen LogP contribution in [0.4, 0.5) is 0 Å². The van der Waals surface area contributed by atoms with Crippen LogP contribution in [0.3, 0.4) is 0 Å². The van der Waals surface area contributed by atoms with Gasteiger partial charge in [0, 0.05) is 45.6 Å². The van der Waals surface area contributed by atoms with Gasteiger partial charge in [-0.3, -0.25) is 4.79 Å². The maximum Gasteiger partial charge on any atom is 0.220 e. The predicted molar refractivity (Wildman–Crippen MR) is 74.0 cm³/mol. The molecule has 0 aliphatic carbocycles. The Labute approximate surface area is 114 Å². The van der Waals surface area contributed by atoms with Crippen molar-refractivity contribution >= 4 is 5.91 Å². The van der Waals surface area contributed by atoms with Crippen LogP contribution in [0.2, 0.25) is 0 Å². The van der Waals surface area contributed by atoms with Gasteiger partial charge >= 0.3 is 0 Å². The minimum Gasteiger partial charge on any atom is -0.469 e. The van der Waals surface area contributed by atoms with Gasteiger partial charge in [-0.2, -0.15) is 0 Å². The van der Waals surface area contributed by atoms with Gasteiger partial charge in [0.1, 0.15) is 5.76 Å². The fourth-order valence-corrected chi connectivity index (χ4v) is 2.25. The molecule has 2 heterocycles. The highest BCUT2D eigenvalue weighted by molar-refractivity contribution is 5.75. The van der Waals surface area contributed by atoms with Crippen LogP contribution in [0.25, 0.3) is 0 Å². The quantitative estimate of drug-likeness (QED) is 0.710. The molecule has 1 aromatic rings. The van der Waals surface area contributed by atoms with E-state index in [0.29, 0.717) is 12.8 Å². The zero-order valence-electron chi connectivity index (χ0n) is 11.4. The molecule has 0 radical (unpaired) electrons. The highest BCUT2D eigenvalue weighted by Gasteiger charge is 2.08. The molecule has 0 spiro atoms. The molecule has 5 heteroatoms. The van der Waals surface area contributed by atoms with Crippen molar-refractivity contribution in [3.63, 3.8) is 0 Å². The maximum absolute atomic E-state index is 11.6. The molecule has 0 bridgehead atoms. The molecule has 5 nitrogen and oxygen atoms in total. The van der Waals surface area contributed by atoms with Gasteiger partial charge in [0.25, 0.3) is 0 Å². The lowest BCUT2D eigenvalue weighted by Crippen LogP contribution is -2.44. The Morgan fingerprint density at radius 3 is 3.00 bits per heavy atom. The molecule has 0 unspecified atom stereocenters. The SMILES string of the molecule is O=C(CCc1ccco1)NCCCN1CCNCC1. The molecule has 1 aliphatic rings. The van der Waals surface area contributed by atoms with E-state index in [-0.39, 0.29) is 5.91 Å². The summed E-state index contributed by atoms with van der Waals surface area (Å²) in [7, 11) is 0. The first-order valence-electron chi connectivity index (χ1n) is 7.07. The van der Waals surface area contributed by atoms with Crippen molar-refractivity contribution in [2.24, 2.45) is 0 Å². The van der Waals surface area contributed by atoms with Gasteiger partial charge in [-0.05, 0) is 25.1 Å². The van der Waals surface area contributed by atoms with Crippen molar-refractivity contribution in [3.8, 4) is 0 Å². The minimum absolute atomic E-state index is 0.108. The van der Waals surface area contributed by atoms with E-state index in [4.69, 9.17) is 4.42 Å². The number of aryl methyl sites for hydroxylation is 1. The predicted octanol–water partition coefficient (Wildman–Crippen LogP) is 0.624. The van der Waals surface area contributed by atoms with E-state index in [2.05, 4.69) is 15.5 Å². The molecule has 2 rings (SSSR count). The van der Waals surface area contributed by atoms with Crippen molar-refractivity contribution in [2.45, 2.75) is 19.3 Å². The third-order valence-corrected chi connectivity index (χ3v) is 3.36. The first-order valence-corrected chi connectivity index (χ1v) is 7.07. The number of rotatable bonds is 7. The fraction of sp³-hybridized carbons (Fsp3) is 0.643. The van der Waals surface area contributed by atoms with E-state index in [9.17, 15) is 4.79 Å². The Morgan fingerprint density at radius 1 is 1.42 bits per heavy atom. The molecule has 0 saturated carbocycles. The summed E-state index contributed by atoms with van der Waals surface area (Å²) < 4.78 is 5.20. The number of carbonyl (C=O) groups is 1. The number of hydrogen-bond donors (Lipinski definition) is 2. The van der Waals surface area contributed by atoms with E-state index >= 15 is 0 Å². The summed E-state index contributed by atoms with van der Waals surface area (Å²) in [4.78, 5) is 14.0. The second-order valence-corrected chi connectivity index (χ2v) is 4.87. The molecule has 2 N–H and O–H groups in total. The lowest BCUT2D eigenvalue weighted by molar-refractivity contribution is -0.121. The first-order chi connectivity index (χ1) is 9.34. The number of piperazine rings is 1. The summed E-state index contributed by atoms with van der Waals surface area (Å²) in [6, 6.07) is 3.75. The highest BCUT2D eigenvalue weighted by atomic mass is 16.3. The van der Waals surface area contributed by atoms with Crippen molar-refractivity contribution < 1.29 is 9.21 Å². The Morgan fingerprint density at radius 2 is 2.26 bits per heavy atom. The summed E-state index contributed by atoms with van der Waals surface area (Å²) in [5, 5.41) is 6.29. The van der Waals surface area contributed by atoms with Gasteiger partial charge in [-0.25, -0.2) is 0 Å². The smallest absolute Gasteiger partial charge is 0.220 e. The average molecular weight is 265 g/mol. The summed E-state index contributed by atoms with van der Waals surface area (Å²) in [6.07, 6.45) is 3.84. The first kappa shape index (κ1) is 14.1. The summed E-state index contributed by atoms with van der Waals surface area (Å²) in [6.45, 7) is 6.23. The Bertz CT molecular complexity index is 359. The lowest BCUT2D eigenvalue weighted by Gasteiger charge is -2.27. The second kappa shape index (κ2) is 7.96. The Balaban J connectivity index is 1.49. The highest BCUT2D eigenvalue weighted by Crippen LogP contribution is 2.03. The van der Waals surface area contributed by atoms with Gasteiger partial charge in [0.2, 0.25) is 5.91 Å². The van der Waals surface area contributed by atoms with Crippen molar-refractivity contribution in [1.82, 2.24) is 15.5 Å². The number of amides is 1. The number of furan rings is 1. The Hall–Kier alpha value is -1.33. The van der Waals surface area contributed by atoms with Gasteiger partial charge < -0.3 is 20.0 Å². The molecule has 0 atom stereocenters. The largest absolute Gasteiger partial charge is 0.469 e. The van der Waals surface area contributed by atoms with Gasteiger partial charge in [0.05, 0.1) is 6.26 Å². The van der Waals surface area contributed by atoms with Crippen LogP contribution in [0.5, 0.6) is 0 Å². The number of nitrogens with zero attached hydrogens (tertiary/aromatic N) is 1.